The molecule has 2 N–H and O–H groups in total. The second kappa shape index (κ2) is 5.87. The number of benzene rings is 2. The Morgan fingerprint density at radius 3 is 2.18 bits per heavy atom. The number of aliphatic hydroxyl groups is 2. The Balaban J connectivity index is 1.95. The molecule has 1 heterocycles. The number of aliphatic hydroxyl groups excluding tert-OH is 2. The maximum Gasteiger partial charge on any atom is 0.152 e. The van der Waals surface area contributed by atoms with Gasteiger partial charge < -0.3 is 24.4 Å². The highest BCUT2D eigenvalue weighted by atomic mass is 16.5. The predicted octanol–water partition coefficient (Wildman–Crippen LogP) is 2.23. The van der Waals surface area contributed by atoms with E-state index in [9.17, 15) is 10.2 Å². The number of fused-ring (bicyclic) bond motifs is 1. The first-order chi connectivity index (χ1) is 10.6. The lowest BCUT2D eigenvalue weighted by atomic mass is 9.92. The van der Waals surface area contributed by atoms with Crippen LogP contribution in [0.4, 0.5) is 0 Å². The van der Waals surface area contributed by atoms with Crippen LogP contribution in [0.15, 0.2) is 42.5 Å². The van der Waals surface area contributed by atoms with E-state index in [1.54, 1.807) is 44.6 Å². The van der Waals surface area contributed by atoms with Gasteiger partial charge in [-0.3, -0.25) is 0 Å². The fourth-order valence-corrected chi connectivity index (χ4v) is 2.60. The number of hydrogen-bond donors (Lipinski definition) is 2. The molecule has 0 bridgehead atoms. The van der Waals surface area contributed by atoms with Crippen molar-refractivity contribution >= 4 is 0 Å². The zero-order valence-electron chi connectivity index (χ0n) is 12.4. The van der Waals surface area contributed by atoms with Crippen LogP contribution in [0.1, 0.15) is 23.3 Å². The number of rotatable bonds is 3. The van der Waals surface area contributed by atoms with Crippen LogP contribution >= 0.6 is 0 Å². The summed E-state index contributed by atoms with van der Waals surface area (Å²) in [7, 11) is 3.16. The van der Waals surface area contributed by atoms with E-state index in [0.717, 1.165) is 11.3 Å². The van der Waals surface area contributed by atoms with Crippen molar-refractivity contribution in [2.24, 2.45) is 0 Å². The average Bonchev–Trinajstić information content (AvgIpc) is 2.57. The molecule has 0 fully saturated rings. The molecule has 2 aromatic rings. The van der Waals surface area contributed by atoms with Crippen molar-refractivity contribution in [3.63, 3.8) is 0 Å². The minimum Gasteiger partial charge on any atom is -0.497 e. The van der Waals surface area contributed by atoms with Crippen LogP contribution in [0.3, 0.4) is 0 Å². The molecule has 0 aromatic heterocycles. The average molecular weight is 302 g/mol. The van der Waals surface area contributed by atoms with Crippen LogP contribution in [0, 0.1) is 0 Å². The van der Waals surface area contributed by atoms with E-state index in [1.807, 2.05) is 12.1 Å². The third kappa shape index (κ3) is 2.49. The lowest BCUT2D eigenvalue weighted by molar-refractivity contribution is -0.0700. The van der Waals surface area contributed by atoms with Crippen molar-refractivity contribution in [1.29, 1.82) is 0 Å². The number of methoxy groups -OCH3 is 2. The Hall–Kier alpha value is -2.24. The highest BCUT2D eigenvalue weighted by Gasteiger charge is 2.37. The normalized spacial score (nSPS) is 23.4. The smallest absolute Gasteiger partial charge is 0.152 e. The molecule has 3 atom stereocenters. The zero-order valence-corrected chi connectivity index (χ0v) is 12.4. The summed E-state index contributed by atoms with van der Waals surface area (Å²) in [5.41, 5.74) is 1.32. The maximum atomic E-state index is 10.4. The largest absolute Gasteiger partial charge is 0.497 e. The van der Waals surface area contributed by atoms with Crippen molar-refractivity contribution in [2.75, 3.05) is 14.2 Å². The molecule has 5 heteroatoms. The molecular formula is C17H18O5. The van der Waals surface area contributed by atoms with Gasteiger partial charge in [0.15, 0.2) is 6.10 Å². The molecule has 2 aromatic carbocycles. The Morgan fingerprint density at radius 1 is 0.909 bits per heavy atom. The highest BCUT2D eigenvalue weighted by molar-refractivity contribution is 5.45. The number of ether oxygens (including phenoxy) is 3. The van der Waals surface area contributed by atoms with Crippen molar-refractivity contribution in [3.05, 3.63) is 53.6 Å². The molecule has 5 nitrogen and oxygen atoms in total. The van der Waals surface area contributed by atoms with Crippen molar-refractivity contribution in [1.82, 2.24) is 0 Å². The minimum atomic E-state index is -1.05. The predicted molar refractivity (Wildman–Crippen MR) is 80.3 cm³/mol. The lowest BCUT2D eigenvalue weighted by Gasteiger charge is -2.34. The van der Waals surface area contributed by atoms with E-state index in [4.69, 9.17) is 14.2 Å². The summed E-state index contributed by atoms with van der Waals surface area (Å²) < 4.78 is 16.2. The van der Waals surface area contributed by atoms with Gasteiger partial charge in [-0.2, -0.15) is 0 Å². The summed E-state index contributed by atoms with van der Waals surface area (Å²) in [5.74, 6) is 1.87. The van der Waals surface area contributed by atoms with Crippen molar-refractivity contribution in [3.8, 4) is 17.2 Å². The molecule has 0 saturated heterocycles. The van der Waals surface area contributed by atoms with Gasteiger partial charge >= 0.3 is 0 Å². The Kier molecular flexibility index (Phi) is 3.92. The van der Waals surface area contributed by atoms with Crippen LogP contribution in [-0.4, -0.2) is 30.5 Å². The topological polar surface area (TPSA) is 68.2 Å². The summed E-state index contributed by atoms with van der Waals surface area (Å²) in [4.78, 5) is 0. The van der Waals surface area contributed by atoms with Gasteiger partial charge in [-0.25, -0.2) is 0 Å². The maximum absolute atomic E-state index is 10.4. The van der Waals surface area contributed by atoms with E-state index >= 15 is 0 Å². The summed E-state index contributed by atoms with van der Waals surface area (Å²) in [6.45, 7) is 0. The van der Waals surface area contributed by atoms with Gasteiger partial charge in [0.25, 0.3) is 0 Å². The molecule has 116 valence electrons. The van der Waals surface area contributed by atoms with Crippen LogP contribution in [0.25, 0.3) is 0 Å². The first-order valence-electron chi connectivity index (χ1n) is 6.98. The van der Waals surface area contributed by atoms with E-state index in [1.165, 1.54) is 0 Å². The minimum absolute atomic E-state index is 0.512. The molecule has 3 rings (SSSR count). The summed E-state index contributed by atoms with van der Waals surface area (Å²) in [6.07, 6.45) is -2.71. The molecule has 22 heavy (non-hydrogen) atoms. The Morgan fingerprint density at radius 2 is 1.55 bits per heavy atom. The van der Waals surface area contributed by atoms with Gasteiger partial charge in [0.1, 0.15) is 29.5 Å². The zero-order chi connectivity index (χ0) is 15.7. The monoisotopic (exact) mass is 302 g/mol. The SMILES string of the molecule is COc1ccc([C@H]2Oc3cc(OC)ccc3[C@H](O)[C@@H]2O)cc1. The van der Waals surface area contributed by atoms with Gasteiger partial charge in [-0.05, 0) is 29.8 Å². The molecule has 0 amide bonds. The molecule has 0 spiro atoms. The van der Waals surface area contributed by atoms with E-state index in [2.05, 4.69) is 0 Å². The molecule has 0 radical (unpaired) electrons. The van der Waals surface area contributed by atoms with E-state index < -0.39 is 18.3 Å². The Labute approximate surface area is 128 Å². The second-order valence-corrected chi connectivity index (χ2v) is 5.15. The van der Waals surface area contributed by atoms with Crippen LogP contribution in [0.2, 0.25) is 0 Å². The van der Waals surface area contributed by atoms with Gasteiger partial charge in [-0.1, -0.05) is 12.1 Å². The molecule has 1 aliphatic rings. The number of hydrogen-bond acceptors (Lipinski definition) is 5. The van der Waals surface area contributed by atoms with Crippen LogP contribution < -0.4 is 14.2 Å². The van der Waals surface area contributed by atoms with Gasteiger partial charge in [0.2, 0.25) is 0 Å². The van der Waals surface area contributed by atoms with E-state index in [-0.39, 0.29) is 0 Å². The first kappa shape index (κ1) is 14.7. The third-order valence-electron chi connectivity index (χ3n) is 3.87. The standard InChI is InChI=1S/C17H18O5/c1-20-11-5-3-10(4-6-11)17-16(19)15(18)13-8-7-12(21-2)9-14(13)22-17/h3-9,15-19H,1-2H3/t15-,16-,17+/m0/s1. The summed E-state index contributed by atoms with van der Waals surface area (Å²) in [6, 6.07) is 12.3. The lowest BCUT2D eigenvalue weighted by Crippen LogP contribution is -2.34. The molecule has 1 aliphatic heterocycles. The summed E-state index contributed by atoms with van der Waals surface area (Å²) >= 11 is 0. The fraction of sp³-hybridized carbons (Fsp3) is 0.294. The van der Waals surface area contributed by atoms with Crippen LogP contribution in [-0.2, 0) is 0 Å². The van der Waals surface area contributed by atoms with Crippen molar-refractivity contribution in [2.45, 2.75) is 18.3 Å². The van der Waals surface area contributed by atoms with Gasteiger partial charge in [0, 0.05) is 11.6 Å². The highest BCUT2D eigenvalue weighted by Crippen LogP contribution is 2.42. The third-order valence-corrected chi connectivity index (χ3v) is 3.87. The van der Waals surface area contributed by atoms with Gasteiger partial charge in [-0.15, -0.1) is 0 Å². The molecular weight excluding hydrogens is 284 g/mol. The van der Waals surface area contributed by atoms with Crippen LogP contribution in [0.5, 0.6) is 17.2 Å². The second-order valence-electron chi connectivity index (χ2n) is 5.15. The van der Waals surface area contributed by atoms with Crippen molar-refractivity contribution < 1.29 is 24.4 Å². The molecule has 0 aliphatic carbocycles. The molecule has 0 unspecified atom stereocenters. The summed E-state index contributed by atoms with van der Waals surface area (Å²) in [5, 5.41) is 20.7. The molecule has 0 saturated carbocycles. The van der Waals surface area contributed by atoms with E-state index in [0.29, 0.717) is 17.1 Å². The van der Waals surface area contributed by atoms with Gasteiger partial charge in [0.05, 0.1) is 14.2 Å². The Bertz CT molecular complexity index is 653. The first-order valence-corrected chi connectivity index (χ1v) is 6.98. The fourth-order valence-electron chi connectivity index (χ4n) is 2.60. The quantitative estimate of drug-likeness (QED) is 0.910.